The number of nitrogens with zero attached hydrogens (tertiary/aromatic N) is 3. The number of hydrogen-bond donors (Lipinski definition) is 2. The summed E-state index contributed by atoms with van der Waals surface area (Å²) in [5.74, 6) is 0.604. The molecule has 0 bridgehead atoms. The van der Waals surface area contributed by atoms with Crippen LogP contribution in [0.25, 0.3) is 10.8 Å². The Kier molecular flexibility index (Phi) is 7.81. The molecule has 0 aliphatic carbocycles. The second-order valence-electron chi connectivity index (χ2n) is 9.50. The smallest absolute Gasteiger partial charge is 0.272 e. The van der Waals surface area contributed by atoms with Crippen molar-refractivity contribution < 1.29 is 14.3 Å². The molecule has 190 valence electrons. The highest BCUT2D eigenvalue weighted by Crippen LogP contribution is 2.26. The van der Waals surface area contributed by atoms with Crippen molar-refractivity contribution in [2.24, 2.45) is 0 Å². The first kappa shape index (κ1) is 25.1. The lowest BCUT2D eigenvalue weighted by Crippen LogP contribution is -2.54. The lowest BCUT2D eigenvalue weighted by Gasteiger charge is -2.38. The maximum atomic E-state index is 13.4. The molecule has 2 atom stereocenters. The van der Waals surface area contributed by atoms with Crippen LogP contribution in [0.1, 0.15) is 35.3 Å². The summed E-state index contributed by atoms with van der Waals surface area (Å²) in [4.78, 5) is 24.1. The Hall–Kier alpha value is -2.59. The molecular formula is C27H32BrN5O3. The number of rotatable bonds is 6. The van der Waals surface area contributed by atoms with E-state index in [0.29, 0.717) is 43.3 Å². The molecule has 0 unspecified atom stereocenters. The van der Waals surface area contributed by atoms with Gasteiger partial charge in [-0.1, -0.05) is 28.1 Å². The Morgan fingerprint density at radius 2 is 1.89 bits per heavy atom. The maximum Gasteiger partial charge on any atom is 0.272 e. The Bertz CT molecular complexity index is 1230. The molecule has 0 radical (unpaired) electrons. The molecule has 2 saturated heterocycles. The second-order valence-corrected chi connectivity index (χ2v) is 10.4. The SMILES string of the molecule is CO[C@@H]1COCC[C@@H]1NC1CCN(C(=O)c2ncnc(Nc3ccc4cc(Br)ccc4c3)c2C)CC1. The van der Waals surface area contributed by atoms with Gasteiger partial charge in [-0.25, -0.2) is 9.97 Å². The average molecular weight is 554 g/mol. The largest absolute Gasteiger partial charge is 0.379 e. The van der Waals surface area contributed by atoms with Gasteiger partial charge in [0.25, 0.3) is 5.91 Å². The van der Waals surface area contributed by atoms with E-state index in [1.807, 2.05) is 24.0 Å². The minimum atomic E-state index is -0.0411. The molecule has 3 aromatic rings. The number of amides is 1. The van der Waals surface area contributed by atoms with Crippen molar-refractivity contribution in [3.63, 3.8) is 0 Å². The van der Waals surface area contributed by atoms with E-state index >= 15 is 0 Å². The fourth-order valence-corrected chi connectivity index (χ4v) is 5.44. The van der Waals surface area contributed by atoms with Crippen LogP contribution in [0.3, 0.4) is 0 Å². The number of piperidine rings is 1. The monoisotopic (exact) mass is 553 g/mol. The Balaban J connectivity index is 1.23. The number of benzene rings is 2. The van der Waals surface area contributed by atoms with Gasteiger partial charge in [0.1, 0.15) is 17.8 Å². The number of halogens is 1. The van der Waals surface area contributed by atoms with Crippen LogP contribution in [0.5, 0.6) is 0 Å². The van der Waals surface area contributed by atoms with E-state index < -0.39 is 0 Å². The number of ether oxygens (including phenoxy) is 2. The van der Waals surface area contributed by atoms with E-state index in [9.17, 15) is 4.79 Å². The Morgan fingerprint density at radius 3 is 2.69 bits per heavy atom. The topological polar surface area (TPSA) is 88.6 Å². The van der Waals surface area contributed by atoms with E-state index in [1.54, 1.807) is 7.11 Å². The van der Waals surface area contributed by atoms with Gasteiger partial charge in [-0.2, -0.15) is 0 Å². The molecule has 0 spiro atoms. The third-order valence-corrected chi connectivity index (χ3v) is 7.68. The Labute approximate surface area is 219 Å². The lowest BCUT2D eigenvalue weighted by atomic mass is 9.99. The number of carbonyl (C=O) groups excluding carboxylic acids is 1. The van der Waals surface area contributed by atoms with Crippen molar-refractivity contribution in [3.8, 4) is 0 Å². The van der Waals surface area contributed by atoms with Gasteiger partial charge >= 0.3 is 0 Å². The fraction of sp³-hybridized carbons (Fsp3) is 0.444. The van der Waals surface area contributed by atoms with E-state index in [4.69, 9.17) is 9.47 Å². The summed E-state index contributed by atoms with van der Waals surface area (Å²) in [5.41, 5.74) is 2.12. The van der Waals surface area contributed by atoms with Gasteiger partial charge in [-0.05, 0) is 61.2 Å². The first-order valence-corrected chi connectivity index (χ1v) is 13.2. The lowest BCUT2D eigenvalue weighted by molar-refractivity contribution is -0.0533. The quantitative estimate of drug-likeness (QED) is 0.466. The molecule has 2 aliphatic rings. The number of nitrogens with one attached hydrogen (secondary N) is 2. The molecule has 1 amide bonds. The van der Waals surface area contributed by atoms with Gasteiger partial charge in [-0.3, -0.25) is 4.79 Å². The van der Waals surface area contributed by atoms with Gasteiger partial charge < -0.3 is 25.0 Å². The summed E-state index contributed by atoms with van der Waals surface area (Å²) in [7, 11) is 1.74. The summed E-state index contributed by atoms with van der Waals surface area (Å²) in [6, 6.07) is 13.0. The van der Waals surface area contributed by atoms with E-state index in [0.717, 1.165) is 52.4 Å². The van der Waals surface area contributed by atoms with Crippen molar-refractivity contribution in [2.45, 2.75) is 44.4 Å². The van der Waals surface area contributed by atoms with Crippen LogP contribution in [-0.4, -0.2) is 72.4 Å². The Morgan fingerprint density at radius 1 is 1.11 bits per heavy atom. The van der Waals surface area contributed by atoms with Crippen molar-refractivity contribution in [1.82, 2.24) is 20.2 Å². The van der Waals surface area contributed by atoms with Crippen LogP contribution in [0, 0.1) is 6.92 Å². The van der Waals surface area contributed by atoms with Crippen LogP contribution in [-0.2, 0) is 9.47 Å². The molecule has 2 aromatic carbocycles. The zero-order valence-electron chi connectivity index (χ0n) is 20.7. The number of methoxy groups -OCH3 is 1. The molecular weight excluding hydrogens is 522 g/mol. The zero-order chi connectivity index (χ0) is 25.1. The van der Waals surface area contributed by atoms with Gasteiger partial charge in [-0.15, -0.1) is 0 Å². The number of anilines is 2. The predicted octanol–water partition coefficient (Wildman–Crippen LogP) is 4.44. The van der Waals surface area contributed by atoms with Crippen molar-refractivity contribution in [1.29, 1.82) is 0 Å². The molecule has 36 heavy (non-hydrogen) atoms. The van der Waals surface area contributed by atoms with E-state index in [2.05, 4.69) is 60.8 Å². The fourth-order valence-electron chi connectivity index (χ4n) is 5.06. The van der Waals surface area contributed by atoms with Crippen LogP contribution in [0.4, 0.5) is 11.5 Å². The van der Waals surface area contributed by atoms with Gasteiger partial charge in [0.15, 0.2) is 0 Å². The van der Waals surface area contributed by atoms with E-state index in [-0.39, 0.29) is 12.0 Å². The molecule has 9 heteroatoms. The minimum absolute atomic E-state index is 0.0411. The normalized spacial score (nSPS) is 21.0. The second kappa shape index (κ2) is 11.2. The molecule has 3 heterocycles. The van der Waals surface area contributed by atoms with Crippen molar-refractivity contribution in [3.05, 3.63) is 58.5 Å². The molecule has 2 N–H and O–H groups in total. The molecule has 0 saturated carbocycles. The van der Waals surface area contributed by atoms with E-state index in [1.165, 1.54) is 6.33 Å². The van der Waals surface area contributed by atoms with Crippen molar-refractivity contribution >= 4 is 44.1 Å². The van der Waals surface area contributed by atoms with Crippen LogP contribution in [0.2, 0.25) is 0 Å². The molecule has 8 nitrogen and oxygen atoms in total. The van der Waals surface area contributed by atoms with Gasteiger partial charge in [0.05, 0.1) is 12.7 Å². The minimum Gasteiger partial charge on any atom is -0.379 e. The number of carbonyl (C=O) groups is 1. The number of aromatic nitrogens is 2. The third kappa shape index (κ3) is 5.54. The van der Waals surface area contributed by atoms with Crippen molar-refractivity contribution in [2.75, 3.05) is 38.7 Å². The van der Waals surface area contributed by atoms with Gasteiger partial charge in [0.2, 0.25) is 0 Å². The maximum absolute atomic E-state index is 13.4. The highest BCUT2D eigenvalue weighted by molar-refractivity contribution is 9.10. The summed E-state index contributed by atoms with van der Waals surface area (Å²) >= 11 is 3.52. The van der Waals surface area contributed by atoms with Crippen LogP contribution >= 0.6 is 15.9 Å². The van der Waals surface area contributed by atoms with Crippen LogP contribution < -0.4 is 10.6 Å². The highest BCUT2D eigenvalue weighted by atomic mass is 79.9. The molecule has 5 rings (SSSR count). The first-order valence-electron chi connectivity index (χ1n) is 12.5. The first-order chi connectivity index (χ1) is 17.5. The summed E-state index contributed by atoms with van der Waals surface area (Å²) in [6.07, 6.45) is 4.30. The molecule has 2 aliphatic heterocycles. The average Bonchev–Trinajstić information content (AvgIpc) is 2.90. The molecule has 2 fully saturated rings. The summed E-state index contributed by atoms with van der Waals surface area (Å²) in [6.45, 7) is 4.69. The summed E-state index contributed by atoms with van der Waals surface area (Å²) < 4.78 is 12.2. The third-order valence-electron chi connectivity index (χ3n) is 7.19. The number of fused-ring (bicyclic) bond motifs is 1. The standard InChI is InChI=1S/C27H32BrN5O3/c1-17-25(27(34)33-10-7-21(8-11-33)31-23-9-12-36-15-24(23)35-2)29-16-30-26(17)32-22-6-4-18-13-20(28)5-3-19(18)14-22/h3-6,13-14,16,21,23-24,31H,7-12,15H2,1-2H3,(H,29,30,32)/t23-,24+/m0/s1. The molecule has 1 aromatic heterocycles. The number of likely N-dealkylation sites (tertiary alicyclic amines) is 1. The van der Waals surface area contributed by atoms with Gasteiger partial charge in [0, 0.05) is 54.6 Å². The highest BCUT2D eigenvalue weighted by Gasteiger charge is 2.31. The zero-order valence-corrected chi connectivity index (χ0v) is 22.3. The predicted molar refractivity (Wildman–Crippen MR) is 144 cm³/mol. The summed E-state index contributed by atoms with van der Waals surface area (Å²) in [5, 5.41) is 9.39. The van der Waals surface area contributed by atoms with Crippen LogP contribution in [0.15, 0.2) is 47.2 Å². The number of hydrogen-bond acceptors (Lipinski definition) is 7.